The number of nitrogens with two attached hydrogens (primary N) is 1. The normalized spacial score (nSPS) is 15.5. The number of hydrogen-bond acceptors (Lipinski definition) is 1. The quantitative estimate of drug-likeness (QED) is 0.686. The Morgan fingerprint density at radius 3 is 2.92 bits per heavy atom. The van der Waals surface area contributed by atoms with Gasteiger partial charge in [-0.05, 0) is 28.1 Å². The molecule has 0 spiro atoms. The Morgan fingerprint density at radius 2 is 2.42 bits per heavy atom. The molecule has 3 N–H and O–H groups in total. The van der Waals surface area contributed by atoms with Gasteiger partial charge in [-0.2, -0.15) is 0 Å². The van der Waals surface area contributed by atoms with Gasteiger partial charge >= 0.3 is 0 Å². The molecule has 0 amide bonds. The summed E-state index contributed by atoms with van der Waals surface area (Å²) in [4.78, 5) is 2.80. The average Bonchev–Trinajstić information content (AvgIpc) is 2.50. The molecule has 0 aliphatic heterocycles. The van der Waals surface area contributed by atoms with Crippen LogP contribution in [0.5, 0.6) is 0 Å². The zero-order valence-corrected chi connectivity index (χ0v) is 7.86. The first-order valence-corrected chi connectivity index (χ1v) is 4.07. The molecule has 1 heterocycles. The lowest BCUT2D eigenvalue weighted by Crippen LogP contribution is -2.27. The van der Waals surface area contributed by atoms with Crippen molar-refractivity contribution >= 4 is 26.4 Å². The molecule has 0 aliphatic rings. The molecule has 0 saturated carbocycles. The molecule has 0 saturated heterocycles. The van der Waals surface area contributed by atoms with Crippen LogP contribution in [0, 0.1) is 0 Å². The number of halogens is 2. The summed E-state index contributed by atoms with van der Waals surface area (Å²) >= 11 is 3.06. The molecule has 1 rings (SSSR count). The molecule has 0 radical (unpaired) electrons. The largest absolute Gasteiger partial charge is 0.391 e. The van der Waals surface area contributed by atoms with Crippen LogP contribution in [0.15, 0.2) is 24.9 Å². The van der Waals surface area contributed by atoms with Crippen LogP contribution in [0.25, 0.3) is 10.4 Å². The maximum atomic E-state index is 13.0. The van der Waals surface area contributed by atoms with Crippen molar-refractivity contribution in [3.63, 3.8) is 0 Å². The van der Waals surface area contributed by atoms with Gasteiger partial charge in [-0.15, -0.1) is 0 Å². The van der Waals surface area contributed by atoms with E-state index < -0.39 is 5.83 Å². The number of nitrogens with one attached hydrogen (secondary N) is 1. The van der Waals surface area contributed by atoms with E-state index in [0.717, 1.165) is 6.08 Å². The first-order chi connectivity index (χ1) is 5.66. The molecule has 4 heteroatoms. The zero-order valence-electron chi connectivity index (χ0n) is 6.27. The van der Waals surface area contributed by atoms with E-state index in [2.05, 4.69) is 27.5 Å². The van der Waals surface area contributed by atoms with Crippen molar-refractivity contribution in [1.29, 1.82) is 0 Å². The van der Waals surface area contributed by atoms with E-state index >= 15 is 0 Å². The Labute approximate surface area is 77.4 Å². The Balaban J connectivity index is 3.68. The highest BCUT2D eigenvalue weighted by atomic mass is 79.9. The summed E-state index contributed by atoms with van der Waals surface area (Å²) in [5, 5.41) is 0.951. The summed E-state index contributed by atoms with van der Waals surface area (Å²) in [5.41, 5.74) is 5.44. The molecule has 1 aromatic rings. The van der Waals surface area contributed by atoms with Gasteiger partial charge in [0.1, 0.15) is 5.83 Å². The predicted molar refractivity (Wildman–Crippen MR) is 51.3 cm³/mol. The van der Waals surface area contributed by atoms with Crippen LogP contribution in [0.4, 0.5) is 4.39 Å². The minimum Gasteiger partial charge on any atom is -0.391 e. The molecule has 0 atom stereocenters. The lowest BCUT2D eigenvalue weighted by Gasteiger charge is -1.85. The molecule has 0 bridgehead atoms. The van der Waals surface area contributed by atoms with E-state index in [-0.39, 0.29) is 0 Å². The Hall–Kier alpha value is -1.03. The van der Waals surface area contributed by atoms with Gasteiger partial charge in [-0.1, -0.05) is 6.58 Å². The van der Waals surface area contributed by atoms with Crippen LogP contribution in [0.3, 0.4) is 0 Å². The second kappa shape index (κ2) is 3.58. The molecule has 0 fully saturated rings. The molecule has 64 valence electrons. The number of allylic oxidation sites excluding steroid dienone is 1. The summed E-state index contributed by atoms with van der Waals surface area (Å²) < 4.78 is 13.4. The van der Waals surface area contributed by atoms with Crippen molar-refractivity contribution in [1.82, 2.24) is 4.98 Å². The van der Waals surface area contributed by atoms with Gasteiger partial charge in [0, 0.05) is 11.4 Å². The average molecular weight is 231 g/mol. The lowest BCUT2D eigenvalue weighted by molar-refractivity contribution is 0.760. The van der Waals surface area contributed by atoms with Crippen LogP contribution in [-0.4, -0.2) is 4.98 Å². The van der Waals surface area contributed by atoms with Gasteiger partial charge in [0.2, 0.25) is 0 Å². The number of hydrogen-bond donors (Lipinski definition) is 2. The van der Waals surface area contributed by atoms with Crippen LogP contribution in [0.1, 0.15) is 0 Å². The minimum atomic E-state index is -0.395. The van der Waals surface area contributed by atoms with Crippen LogP contribution < -0.4 is 16.3 Å². The standard InChI is InChI=1S/C8H8BrFN2/c1-2-6(10)5-3-4-12-7(5)8(9)11/h2-4,12H,1,11H2/b6-5+,8-7+. The highest BCUT2D eigenvalue weighted by molar-refractivity contribution is 9.14. The Morgan fingerprint density at radius 1 is 1.75 bits per heavy atom. The molecule has 0 unspecified atom stereocenters. The van der Waals surface area contributed by atoms with Gasteiger partial charge < -0.3 is 10.7 Å². The molecule has 2 nitrogen and oxygen atoms in total. The highest BCUT2D eigenvalue weighted by Gasteiger charge is 1.95. The van der Waals surface area contributed by atoms with Gasteiger partial charge in [-0.3, -0.25) is 0 Å². The zero-order chi connectivity index (χ0) is 9.14. The maximum Gasteiger partial charge on any atom is 0.132 e. The topological polar surface area (TPSA) is 41.8 Å². The first kappa shape index (κ1) is 9.06. The monoisotopic (exact) mass is 230 g/mol. The van der Waals surface area contributed by atoms with E-state index in [1.54, 1.807) is 12.3 Å². The third-order valence-electron chi connectivity index (χ3n) is 1.42. The van der Waals surface area contributed by atoms with Gasteiger partial charge in [-0.25, -0.2) is 4.39 Å². The van der Waals surface area contributed by atoms with E-state index in [1.165, 1.54) is 0 Å². The highest BCUT2D eigenvalue weighted by Crippen LogP contribution is 1.94. The number of aromatic nitrogens is 1. The van der Waals surface area contributed by atoms with Crippen LogP contribution in [-0.2, 0) is 0 Å². The Kier molecular flexibility index (Phi) is 2.70. The fourth-order valence-corrected chi connectivity index (χ4v) is 1.20. The molecule has 0 aliphatic carbocycles. The number of aromatic amines is 1. The third-order valence-corrected chi connectivity index (χ3v) is 1.82. The number of H-pyrrole nitrogens is 1. The van der Waals surface area contributed by atoms with E-state index in [4.69, 9.17) is 5.73 Å². The second-order valence-corrected chi connectivity index (χ2v) is 3.02. The molecular formula is C8H8BrFN2. The van der Waals surface area contributed by atoms with Crippen molar-refractivity contribution in [2.45, 2.75) is 0 Å². The SMILES string of the molecule is C=C/C(F)=c1/cc[nH]/c1=C(/N)Br. The van der Waals surface area contributed by atoms with Gasteiger partial charge in [0.25, 0.3) is 0 Å². The summed E-state index contributed by atoms with van der Waals surface area (Å²) in [6.07, 6.45) is 2.75. The summed E-state index contributed by atoms with van der Waals surface area (Å²) in [6.45, 7) is 3.33. The molecular weight excluding hydrogens is 223 g/mol. The maximum absolute atomic E-state index is 13.0. The predicted octanol–water partition coefficient (Wildman–Crippen LogP) is 0.698. The van der Waals surface area contributed by atoms with Crippen LogP contribution in [0.2, 0.25) is 0 Å². The van der Waals surface area contributed by atoms with Gasteiger partial charge in [0.05, 0.1) is 9.96 Å². The van der Waals surface area contributed by atoms with Crippen molar-refractivity contribution in [3.05, 3.63) is 35.5 Å². The fraction of sp³-hybridized carbons (Fsp3) is 0. The minimum absolute atomic E-state index is 0.375. The van der Waals surface area contributed by atoms with E-state index in [9.17, 15) is 4.39 Å². The summed E-state index contributed by atoms with van der Waals surface area (Å²) in [5.74, 6) is -0.395. The molecule has 0 aromatic carbocycles. The van der Waals surface area contributed by atoms with Crippen molar-refractivity contribution in [3.8, 4) is 0 Å². The van der Waals surface area contributed by atoms with Crippen molar-refractivity contribution < 1.29 is 4.39 Å². The van der Waals surface area contributed by atoms with Crippen molar-refractivity contribution in [2.24, 2.45) is 5.73 Å². The molecule has 1 aromatic heterocycles. The van der Waals surface area contributed by atoms with Gasteiger partial charge in [0.15, 0.2) is 0 Å². The van der Waals surface area contributed by atoms with Crippen LogP contribution >= 0.6 is 15.9 Å². The Bertz CT molecular complexity index is 401. The second-order valence-electron chi connectivity index (χ2n) is 2.17. The van der Waals surface area contributed by atoms with Crippen molar-refractivity contribution in [2.75, 3.05) is 0 Å². The van der Waals surface area contributed by atoms with E-state index in [0.29, 0.717) is 15.2 Å². The number of rotatable bonds is 1. The third kappa shape index (κ3) is 1.58. The smallest absolute Gasteiger partial charge is 0.132 e. The lowest BCUT2D eigenvalue weighted by atomic mass is 10.3. The van der Waals surface area contributed by atoms with E-state index in [1.807, 2.05) is 0 Å². The molecule has 12 heavy (non-hydrogen) atoms. The first-order valence-electron chi connectivity index (χ1n) is 3.27. The fourth-order valence-electron chi connectivity index (χ4n) is 0.876. The summed E-state index contributed by atoms with van der Waals surface area (Å²) in [7, 11) is 0. The summed E-state index contributed by atoms with van der Waals surface area (Å²) in [6, 6.07) is 1.60.